The molecule has 1 aromatic rings. The monoisotopic (exact) mass is 348 g/mol. The highest BCUT2D eigenvalue weighted by Crippen LogP contribution is 2.15. The maximum absolute atomic E-state index is 12.5. The number of nitrogens with one attached hydrogen (secondary N) is 1. The minimum Gasteiger partial charge on any atom is -0.352 e. The highest BCUT2D eigenvalue weighted by Gasteiger charge is 2.26. The van der Waals surface area contributed by atoms with E-state index in [1.165, 1.54) is 5.56 Å². The van der Waals surface area contributed by atoms with Crippen LogP contribution in [0, 0.1) is 0 Å². The van der Waals surface area contributed by atoms with Crippen molar-refractivity contribution in [1.29, 1.82) is 0 Å². The normalized spacial score (nSPS) is 22.2. The maximum Gasteiger partial charge on any atom is 0.237 e. The Kier molecular flexibility index (Phi) is 6.51. The van der Waals surface area contributed by atoms with E-state index in [1.807, 2.05) is 37.1 Å². The average Bonchev–Trinajstić information content (AvgIpc) is 2.64. The summed E-state index contributed by atoms with van der Waals surface area (Å²) in [5.74, 6) is 2.49. The summed E-state index contributed by atoms with van der Waals surface area (Å²) in [7, 11) is 0. The van der Waals surface area contributed by atoms with Crippen LogP contribution in [-0.2, 0) is 11.3 Å². The van der Waals surface area contributed by atoms with E-state index in [1.54, 1.807) is 0 Å². The molecule has 1 amide bonds. The van der Waals surface area contributed by atoms with Gasteiger partial charge in [-0.05, 0) is 31.4 Å². The number of carbonyl (C=O) groups excluding carboxylic acids is 1. The Labute approximate surface area is 149 Å². The Morgan fingerprint density at radius 3 is 2.75 bits per heavy atom. The Bertz CT molecular complexity index is 513. The molecule has 0 saturated carbocycles. The molecule has 3 heterocycles. The Morgan fingerprint density at radius 1 is 1.33 bits per heavy atom. The molecule has 6 heteroatoms. The Balaban J connectivity index is 1.40. The second-order valence-corrected chi connectivity index (χ2v) is 7.97. The summed E-state index contributed by atoms with van der Waals surface area (Å²) >= 11 is 1.98. The van der Waals surface area contributed by atoms with Crippen LogP contribution in [0.3, 0.4) is 0 Å². The molecular formula is C18H28N4OS. The Hall–Kier alpha value is -1.11. The van der Waals surface area contributed by atoms with Crippen LogP contribution in [0.2, 0.25) is 0 Å². The molecule has 0 aliphatic carbocycles. The first-order valence-corrected chi connectivity index (χ1v) is 10.1. The standard InChI is InChI=1S/C18H28N4OS/c1-15(22-9-11-24-12-10-22)18(23)20-17-4-7-21(8-5-17)14-16-3-2-6-19-13-16/h2-3,6,13,15,17H,4-5,7-12,14H2,1H3,(H,20,23)/t15-/m0/s1. The third kappa shape index (κ3) is 4.94. The van der Waals surface area contributed by atoms with E-state index in [0.29, 0.717) is 6.04 Å². The van der Waals surface area contributed by atoms with Crippen molar-refractivity contribution in [2.45, 2.75) is 38.4 Å². The van der Waals surface area contributed by atoms with Crippen molar-refractivity contribution < 1.29 is 4.79 Å². The van der Waals surface area contributed by atoms with Crippen LogP contribution >= 0.6 is 11.8 Å². The Morgan fingerprint density at radius 2 is 2.08 bits per heavy atom. The number of likely N-dealkylation sites (tertiary alicyclic amines) is 1. The summed E-state index contributed by atoms with van der Waals surface area (Å²) in [6, 6.07) is 4.44. The van der Waals surface area contributed by atoms with E-state index in [-0.39, 0.29) is 11.9 Å². The number of pyridine rings is 1. The van der Waals surface area contributed by atoms with Gasteiger partial charge in [-0.1, -0.05) is 6.07 Å². The summed E-state index contributed by atoms with van der Waals surface area (Å²) in [5, 5.41) is 3.27. The zero-order chi connectivity index (χ0) is 16.8. The lowest BCUT2D eigenvalue weighted by atomic mass is 10.0. The van der Waals surface area contributed by atoms with E-state index in [2.05, 4.69) is 26.2 Å². The number of rotatable bonds is 5. The molecule has 0 aromatic carbocycles. The second kappa shape index (κ2) is 8.83. The predicted octanol–water partition coefficient (Wildman–Crippen LogP) is 1.60. The first-order valence-electron chi connectivity index (χ1n) is 8.96. The molecule has 2 fully saturated rings. The van der Waals surface area contributed by atoms with Gasteiger partial charge in [-0.2, -0.15) is 11.8 Å². The smallest absolute Gasteiger partial charge is 0.237 e. The quantitative estimate of drug-likeness (QED) is 0.876. The maximum atomic E-state index is 12.5. The molecule has 1 N–H and O–H groups in total. The lowest BCUT2D eigenvalue weighted by Gasteiger charge is -2.35. The molecule has 0 bridgehead atoms. The summed E-state index contributed by atoms with van der Waals surface area (Å²) in [6.45, 7) is 7.13. The van der Waals surface area contributed by atoms with Crippen molar-refractivity contribution in [3.05, 3.63) is 30.1 Å². The topological polar surface area (TPSA) is 48.5 Å². The number of aromatic nitrogens is 1. The number of piperidine rings is 1. The second-order valence-electron chi connectivity index (χ2n) is 6.74. The van der Waals surface area contributed by atoms with Crippen molar-refractivity contribution in [2.24, 2.45) is 0 Å². The van der Waals surface area contributed by atoms with Gasteiger partial charge in [0.15, 0.2) is 0 Å². The number of hydrogen-bond donors (Lipinski definition) is 1. The molecule has 3 rings (SSSR count). The van der Waals surface area contributed by atoms with Crippen LogP contribution in [-0.4, -0.2) is 70.5 Å². The molecule has 1 aromatic heterocycles. The number of thioether (sulfide) groups is 1. The van der Waals surface area contributed by atoms with Crippen LogP contribution in [0.5, 0.6) is 0 Å². The molecule has 5 nitrogen and oxygen atoms in total. The first-order chi connectivity index (χ1) is 11.7. The van der Waals surface area contributed by atoms with Gasteiger partial charge in [-0.25, -0.2) is 0 Å². The van der Waals surface area contributed by atoms with Crippen LogP contribution < -0.4 is 5.32 Å². The van der Waals surface area contributed by atoms with E-state index < -0.39 is 0 Å². The molecule has 2 aliphatic rings. The molecule has 1 atom stereocenters. The minimum absolute atomic E-state index is 0.000627. The van der Waals surface area contributed by atoms with E-state index >= 15 is 0 Å². The lowest BCUT2D eigenvalue weighted by Crippen LogP contribution is -2.52. The fourth-order valence-corrected chi connectivity index (χ4v) is 4.37. The number of nitrogens with zero attached hydrogens (tertiary/aromatic N) is 3. The highest BCUT2D eigenvalue weighted by atomic mass is 32.2. The zero-order valence-corrected chi connectivity index (χ0v) is 15.3. The molecule has 2 saturated heterocycles. The van der Waals surface area contributed by atoms with Gasteiger partial charge in [-0.3, -0.25) is 19.6 Å². The van der Waals surface area contributed by atoms with Gasteiger partial charge in [0.25, 0.3) is 0 Å². The molecule has 0 radical (unpaired) electrons. The molecule has 132 valence electrons. The van der Waals surface area contributed by atoms with Crippen molar-refractivity contribution in [3.63, 3.8) is 0 Å². The van der Waals surface area contributed by atoms with Crippen molar-refractivity contribution in [2.75, 3.05) is 37.7 Å². The van der Waals surface area contributed by atoms with Gasteiger partial charge in [0, 0.05) is 62.7 Å². The fourth-order valence-electron chi connectivity index (χ4n) is 3.44. The molecule has 0 spiro atoms. The van der Waals surface area contributed by atoms with Gasteiger partial charge in [0.1, 0.15) is 0 Å². The molecular weight excluding hydrogens is 320 g/mol. The zero-order valence-electron chi connectivity index (χ0n) is 14.5. The largest absolute Gasteiger partial charge is 0.352 e. The van der Waals surface area contributed by atoms with E-state index in [0.717, 1.165) is 57.1 Å². The van der Waals surface area contributed by atoms with Gasteiger partial charge < -0.3 is 5.32 Å². The predicted molar refractivity (Wildman–Crippen MR) is 99.0 cm³/mol. The SMILES string of the molecule is C[C@@H](C(=O)NC1CCN(Cc2cccnc2)CC1)N1CCSCC1. The number of carbonyl (C=O) groups is 1. The van der Waals surface area contributed by atoms with E-state index in [9.17, 15) is 4.79 Å². The fraction of sp³-hybridized carbons (Fsp3) is 0.667. The lowest BCUT2D eigenvalue weighted by molar-refractivity contribution is -0.126. The van der Waals surface area contributed by atoms with Gasteiger partial charge in [0.05, 0.1) is 6.04 Å². The van der Waals surface area contributed by atoms with Crippen molar-refractivity contribution in [3.8, 4) is 0 Å². The number of amides is 1. The summed E-state index contributed by atoms with van der Waals surface area (Å²) in [5.41, 5.74) is 1.26. The van der Waals surface area contributed by atoms with Gasteiger partial charge >= 0.3 is 0 Å². The van der Waals surface area contributed by atoms with Gasteiger partial charge in [-0.15, -0.1) is 0 Å². The van der Waals surface area contributed by atoms with Crippen molar-refractivity contribution in [1.82, 2.24) is 20.1 Å². The summed E-state index contributed by atoms with van der Waals surface area (Å²) < 4.78 is 0. The highest BCUT2D eigenvalue weighted by molar-refractivity contribution is 7.99. The molecule has 2 aliphatic heterocycles. The molecule has 0 unspecified atom stereocenters. The number of hydrogen-bond acceptors (Lipinski definition) is 5. The third-order valence-electron chi connectivity index (χ3n) is 5.04. The van der Waals surface area contributed by atoms with Crippen LogP contribution in [0.25, 0.3) is 0 Å². The average molecular weight is 349 g/mol. The van der Waals surface area contributed by atoms with Crippen molar-refractivity contribution >= 4 is 17.7 Å². The summed E-state index contributed by atoms with van der Waals surface area (Å²) in [4.78, 5) is 21.4. The minimum atomic E-state index is -0.000627. The molecule has 24 heavy (non-hydrogen) atoms. The van der Waals surface area contributed by atoms with Crippen LogP contribution in [0.1, 0.15) is 25.3 Å². The van der Waals surface area contributed by atoms with Gasteiger partial charge in [0.2, 0.25) is 5.91 Å². The first kappa shape index (κ1) is 17.7. The van der Waals surface area contributed by atoms with Crippen LogP contribution in [0.4, 0.5) is 0 Å². The third-order valence-corrected chi connectivity index (χ3v) is 5.98. The summed E-state index contributed by atoms with van der Waals surface area (Å²) in [6.07, 6.45) is 5.82. The van der Waals surface area contributed by atoms with Crippen LogP contribution in [0.15, 0.2) is 24.5 Å². The van der Waals surface area contributed by atoms with E-state index in [4.69, 9.17) is 0 Å².